The maximum absolute atomic E-state index is 12.5. The molecule has 2 N–H and O–H groups in total. The van der Waals surface area contributed by atoms with E-state index < -0.39 is 20.7 Å². The molecule has 0 bridgehead atoms. The molecule has 52 heavy (non-hydrogen) atoms. The van der Waals surface area contributed by atoms with Gasteiger partial charge in [0.1, 0.15) is 0 Å². The number of rotatable bonds is 15. The van der Waals surface area contributed by atoms with E-state index in [1.54, 1.807) is 0 Å². The van der Waals surface area contributed by atoms with Crippen LogP contribution in [0.4, 0.5) is 0 Å². The van der Waals surface area contributed by atoms with Crippen molar-refractivity contribution in [2.45, 2.75) is 87.3 Å². The SMILES string of the molecule is CCCCC1=Cc2c(-c3cccc(C)c3C)cccc2[CH]1[Zr]([Cl])([Cl])([B](NC=O)NC=O)[CH]1C(CCCC)=Cc2c(-c3cccc(C)c3C)cccc21. The van der Waals surface area contributed by atoms with Gasteiger partial charge in [-0.25, -0.2) is 0 Å². The van der Waals surface area contributed by atoms with Crippen LogP contribution in [0.3, 0.4) is 0 Å². The molecule has 8 heteroatoms. The Labute approximate surface area is 318 Å². The number of fused-ring (bicyclic) bond motifs is 2. The topological polar surface area (TPSA) is 58.2 Å². The molecule has 2 atom stereocenters. The number of hydrogen-bond donors (Lipinski definition) is 2. The maximum atomic E-state index is 12.5. The molecule has 4 aromatic rings. The zero-order valence-corrected chi connectivity index (χ0v) is 35.3. The summed E-state index contributed by atoms with van der Waals surface area (Å²) in [5.41, 5.74) is 16.4. The normalized spacial score (nSPS) is 17.0. The Morgan fingerprint density at radius 3 is 1.38 bits per heavy atom. The number of carbonyl (C=O) groups excluding carboxylic acids is 2. The summed E-state index contributed by atoms with van der Waals surface area (Å²) in [5.74, 6) is 0. The summed E-state index contributed by atoms with van der Waals surface area (Å²) >= 11 is -5.86. The van der Waals surface area contributed by atoms with E-state index in [2.05, 4.69) is 137 Å². The van der Waals surface area contributed by atoms with Gasteiger partial charge in [-0.15, -0.1) is 0 Å². The fourth-order valence-corrected chi connectivity index (χ4v) is 29.7. The number of amides is 2. The predicted molar refractivity (Wildman–Crippen MR) is 219 cm³/mol. The van der Waals surface area contributed by atoms with Gasteiger partial charge < -0.3 is 0 Å². The Morgan fingerprint density at radius 1 is 0.615 bits per heavy atom. The average molecular weight is 812 g/mol. The molecule has 0 radical (unpaired) electrons. The second-order valence-corrected chi connectivity index (χ2v) is 36.3. The van der Waals surface area contributed by atoms with Crippen LogP contribution in [0.15, 0.2) is 83.9 Å². The number of aryl methyl sites for hydroxylation is 2. The van der Waals surface area contributed by atoms with E-state index in [4.69, 9.17) is 17.0 Å². The van der Waals surface area contributed by atoms with E-state index in [0.29, 0.717) is 12.8 Å². The van der Waals surface area contributed by atoms with Gasteiger partial charge in [-0.2, -0.15) is 0 Å². The van der Waals surface area contributed by atoms with Crippen LogP contribution in [0.25, 0.3) is 34.4 Å². The molecular weight excluding hydrogens is 761 g/mol. The third-order valence-electron chi connectivity index (χ3n) is 11.9. The van der Waals surface area contributed by atoms with Gasteiger partial charge in [0, 0.05) is 0 Å². The van der Waals surface area contributed by atoms with Crippen molar-refractivity contribution in [2.24, 2.45) is 0 Å². The van der Waals surface area contributed by atoms with Crippen molar-refractivity contribution in [3.8, 4) is 22.3 Å². The summed E-state index contributed by atoms with van der Waals surface area (Å²) in [6.45, 7) is 13.1. The number of nitrogens with one attached hydrogen (secondary N) is 2. The van der Waals surface area contributed by atoms with E-state index in [1.165, 1.54) is 44.5 Å². The van der Waals surface area contributed by atoms with E-state index in [9.17, 15) is 9.59 Å². The number of allylic oxidation sites excluding steroid dienone is 2. The third kappa shape index (κ3) is 6.52. The van der Waals surface area contributed by atoms with Crippen molar-refractivity contribution in [3.05, 3.63) is 128 Å². The molecule has 2 aliphatic rings. The minimum absolute atomic E-state index is 0.369. The van der Waals surface area contributed by atoms with Crippen LogP contribution < -0.4 is 10.5 Å². The Hall–Kier alpha value is -3.17. The molecule has 0 aromatic heterocycles. The molecule has 6 rings (SSSR count). The van der Waals surface area contributed by atoms with Crippen LogP contribution in [-0.2, 0) is 25.8 Å². The van der Waals surface area contributed by atoms with Crippen LogP contribution in [0.1, 0.15) is 104 Å². The summed E-state index contributed by atoms with van der Waals surface area (Å²) in [6, 6.07) is 25.9. The van der Waals surface area contributed by atoms with Gasteiger partial charge in [0.05, 0.1) is 0 Å². The molecule has 4 aromatic carbocycles. The second-order valence-electron chi connectivity index (χ2n) is 14.9. The first-order chi connectivity index (χ1) is 25.0. The average Bonchev–Trinajstić information content (AvgIpc) is 3.72. The summed E-state index contributed by atoms with van der Waals surface area (Å²) in [5, 5.41) is 6.02. The zero-order chi connectivity index (χ0) is 37.2. The summed E-state index contributed by atoms with van der Waals surface area (Å²) in [6.07, 6.45) is 11.6. The fraction of sp³-hybridized carbons (Fsp3) is 0.318. The first-order valence-electron chi connectivity index (χ1n) is 18.8. The van der Waals surface area contributed by atoms with E-state index in [-0.39, 0.29) is 7.25 Å². The van der Waals surface area contributed by atoms with Crippen molar-refractivity contribution in [2.75, 3.05) is 0 Å². The monoisotopic (exact) mass is 809 g/mol. The van der Waals surface area contributed by atoms with Crippen molar-refractivity contribution >= 4 is 46.5 Å². The predicted octanol–water partition coefficient (Wildman–Crippen LogP) is 11.7. The van der Waals surface area contributed by atoms with E-state index in [1.807, 2.05) is 0 Å². The van der Waals surface area contributed by atoms with E-state index in [0.717, 1.165) is 71.9 Å². The molecule has 2 aliphatic carbocycles. The first kappa shape index (κ1) is 38.5. The van der Waals surface area contributed by atoms with Gasteiger partial charge in [-0.1, -0.05) is 0 Å². The minimum atomic E-state index is -5.86. The molecule has 0 saturated heterocycles. The van der Waals surface area contributed by atoms with Crippen molar-refractivity contribution in [3.63, 3.8) is 0 Å². The zero-order valence-electron chi connectivity index (χ0n) is 31.3. The van der Waals surface area contributed by atoms with Gasteiger partial charge in [0.25, 0.3) is 0 Å². The number of carbonyl (C=O) groups is 2. The molecule has 269 valence electrons. The van der Waals surface area contributed by atoms with Gasteiger partial charge in [-0.3, -0.25) is 0 Å². The van der Waals surface area contributed by atoms with Crippen LogP contribution in [0.2, 0.25) is 0 Å². The molecule has 4 nitrogen and oxygen atoms in total. The van der Waals surface area contributed by atoms with Gasteiger partial charge in [0.2, 0.25) is 0 Å². The fourth-order valence-electron chi connectivity index (χ4n) is 8.98. The van der Waals surface area contributed by atoms with Crippen LogP contribution in [0, 0.1) is 27.7 Å². The third-order valence-corrected chi connectivity index (χ3v) is 31.9. The molecule has 0 aliphatic heterocycles. The Bertz CT molecular complexity index is 1950. The summed E-state index contributed by atoms with van der Waals surface area (Å²) in [7, 11) is 17.4. The Balaban J connectivity index is 1.68. The van der Waals surface area contributed by atoms with Gasteiger partial charge in [-0.05, 0) is 0 Å². The first-order valence-corrected chi connectivity index (χ1v) is 29.4. The summed E-state index contributed by atoms with van der Waals surface area (Å²) in [4.78, 5) is 25.1. The van der Waals surface area contributed by atoms with Crippen LogP contribution in [-0.4, -0.2) is 17.3 Å². The number of halogens is 2. The molecule has 0 saturated carbocycles. The van der Waals surface area contributed by atoms with Crippen molar-refractivity contribution in [1.82, 2.24) is 10.5 Å². The number of unbranched alkanes of at least 4 members (excludes halogenated alkanes) is 2. The number of benzene rings is 4. The molecule has 0 spiro atoms. The molecule has 2 amide bonds. The number of hydrogen-bond acceptors (Lipinski definition) is 2. The molecule has 0 heterocycles. The quantitative estimate of drug-likeness (QED) is 0.0928. The van der Waals surface area contributed by atoms with Crippen LogP contribution >= 0.6 is 17.0 Å². The molecule has 2 unspecified atom stereocenters. The summed E-state index contributed by atoms with van der Waals surface area (Å²) < 4.78 is -1.67. The van der Waals surface area contributed by atoms with E-state index >= 15 is 0 Å². The molecule has 0 fully saturated rings. The standard InChI is InChI=1S/2C21H23.C2H3BN2O2.2ClH.Zr/c2*1-4-5-9-17-13-18-10-7-12-20(21(18)14-17)19-11-6-8-15(2)16(19)3;6-1-4-3-5-2-7;;;/h2*6-8,10-14H,4-5,9H2,1-3H3;1-2H,(H-,4,5,6,7);2*1H;/q;;;;;+1/p-1. The van der Waals surface area contributed by atoms with Gasteiger partial charge >= 0.3 is 321 Å². The Morgan fingerprint density at radius 2 is 1.00 bits per heavy atom. The van der Waals surface area contributed by atoms with Crippen molar-refractivity contribution < 1.29 is 25.8 Å². The van der Waals surface area contributed by atoms with Gasteiger partial charge in [0.15, 0.2) is 0 Å². The molecular formula is C44H50BCl2N2O2Zr. The van der Waals surface area contributed by atoms with Crippen LogP contribution in [0.5, 0.6) is 0 Å². The second kappa shape index (κ2) is 15.7. The Kier molecular flexibility index (Phi) is 11.6. The van der Waals surface area contributed by atoms with Crippen molar-refractivity contribution in [1.29, 1.82) is 0 Å².